The first-order valence-corrected chi connectivity index (χ1v) is 8.91. The van der Waals surface area contributed by atoms with Crippen LogP contribution in [0, 0.1) is 0 Å². The molecule has 0 saturated carbocycles. The number of anilines is 2. The van der Waals surface area contributed by atoms with Gasteiger partial charge in [0.2, 0.25) is 5.95 Å². The largest absolute Gasteiger partial charge is 0.324 e. The minimum Gasteiger partial charge on any atom is -0.324 e. The zero-order valence-corrected chi connectivity index (χ0v) is 15.4. The van der Waals surface area contributed by atoms with Gasteiger partial charge in [-0.05, 0) is 24.3 Å². The van der Waals surface area contributed by atoms with E-state index in [1.165, 1.54) is 6.20 Å². The van der Waals surface area contributed by atoms with Crippen LogP contribution in [0.4, 0.5) is 29.2 Å². The van der Waals surface area contributed by atoms with E-state index in [2.05, 4.69) is 20.3 Å². The number of nitrogens with zero attached hydrogens (tertiary/aromatic N) is 4. The molecule has 0 spiro atoms. The van der Waals surface area contributed by atoms with Crippen molar-refractivity contribution in [3.05, 3.63) is 84.3 Å². The fourth-order valence-electron chi connectivity index (χ4n) is 2.96. The van der Waals surface area contributed by atoms with Gasteiger partial charge in [-0.3, -0.25) is 4.57 Å². The third-order valence-electron chi connectivity index (χ3n) is 4.30. The van der Waals surface area contributed by atoms with Crippen LogP contribution in [0.3, 0.4) is 0 Å². The van der Waals surface area contributed by atoms with Crippen molar-refractivity contribution < 1.29 is 17.6 Å². The summed E-state index contributed by atoms with van der Waals surface area (Å²) < 4.78 is 54.0. The lowest BCUT2D eigenvalue weighted by Crippen LogP contribution is -2.04. The summed E-state index contributed by atoms with van der Waals surface area (Å²) >= 11 is 0. The first-order chi connectivity index (χ1) is 14.5. The molecule has 4 aromatic rings. The zero-order valence-electron chi connectivity index (χ0n) is 15.4. The van der Waals surface area contributed by atoms with E-state index in [1.54, 1.807) is 23.0 Å². The lowest BCUT2D eigenvalue weighted by Gasteiger charge is -2.12. The van der Waals surface area contributed by atoms with Crippen molar-refractivity contribution >= 4 is 11.6 Å². The van der Waals surface area contributed by atoms with Crippen molar-refractivity contribution in [2.24, 2.45) is 0 Å². The molecule has 2 aromatic heterocycles. The second kappa shape index (κ2) is 8.32. The lowest BCUT2D eigenvalue weighted by atomic mass is 10.1. The average molecular weight is 413 g/mol. The minimum atomic E-state index is -2.88. The average Bonchev–Trinajstić information content (AvgIpc) is 3.24. The molecular formula is C21H15F4N5. The number of hydrogen-bond donors (Lipinski definition) is 1. The molecule has 2 aromatic carbocycles. The number of aromatic nitrogens is 4. The van der Waals surface area contributed by atoms with Crippen LogP contribution in [0.25, 0.3) is 17.2 Å². The Hall–Kier alpha value is -3.75. The zero-order chi connectivity index (χ0) is 21.1. The van der Waals surface area contributed by atoms with E-state index in [1.807, 2.05) is 30.3 Å². The van der Waals surface area contributed by atoms with E-state index in [-0.39, 0.29) is 11.6 Å². The smallest absolute Gasteiger partial charge is 0.263 e. The third kappa shape index (κ3) is 4.14. The summed E-state index contributed by atoms with van der Waals surface area (Å²) in [5.41, 5.74) is -0.0872. The predicted octanol–water partition coefficient (Wildman–Crippen LogP) is 5.95. The van der Waals surface area contributed by atoms with Gasteiger partial charge in [-0.15, -0.1) is 0 Å². The van der Waals surface area contributed by atoms with E-state index >= 15 is 0 Å². The molecule has 2 heterocycles. The van der Waals surface area contributed by atoms with Crippen LogP contribution in [0.2, 0.25) is 0 Å². The van der Waals surface area contributed by atoms with Crippen molar-refractivity contribution in [1.29, 1.82) is 0 Å². The highest BCUT2D eigenvalue weighted by Crippen LogP contribution is 2.30. The van der Waals surface area contributed by atoms with Crippen LogP contribution in [0.1, 0.15) is 24.0 Å². The van der Waals surface area contributed by atoms with Crippen LogP contribution in [-0.2, 0) is 0 Å². The van der Waals surface area contributed by atoms with Gasteiger partial charge >= 0.3 is 0 Å². The Kier molecular flexibility index (Phi) is 5.42. The number of halogens is 4. The molecular weight excluding hydrogens is 398 g/mol. The Labute approximate surface area is 169 Å². The SMILES string of the molecule is FC(F)c1cc(Nc2nccc(-n3ccnc3-c3ccccc3)n2)cc(C(F)F)c1. The van der Waals surface area contributed by atoms with Gasteiger partial charge in [0.05, 0.1) is 0 Å². The van der Waals surface area contributed by atoms with Crippen LogP contribution in [0.15, 0.2) is 73.2 Å². The molecule has 0 saturated heterocycles. The molecule has 0 fully saturated rings. The van der Waals surface area contributed by atoms with Crippen molar-refractivity contribution in [3.8, 4) is 17.2 Å². The molecule has 0 aliphatic heterocycles. The number of nitrogens with one attached hydrogen (secondary N) is 1. The highest BCUT2D eigenvalue weighted by molar-refractivity contribution is 5.59. The van der Waals surface area contributed by atoms with Crippen molar-refractivity contribution in [1.82, 2.24) is 19.5 Å². The fourth-order valence-corrected chi connectivity index (χ4v) is 2.96. The van der Waals surface area contributed by atoms with Gasteiger partial charge in [0, 0.05) is 41.0 Å². The molecule has 1 N–H and O–H groups in total. The molecule has 0 amide bonds. The molecule has 5 nitrogen and oxygen atoms in total. The maximum Gasteiger partial charge on any atom is 0.263 e. The summed E-state index contributed by atoms with van der Waals surface area (Å²) in [5.74, 6) is 1.20. The molecule has 0 atom stereocenters. The molecule has 0 bridgehead atoms. The van der Waals surface area contributed by atoms with Gasteiger partial charge in [0.1, 0.15) is 11.6 Å². The maximum atomic E-state index is 13.1. The molecule has 4 rings (SSSR count). The summed E-state index contributed by atoms with van der Waals surface area (Å²) in [6, 6.07) is 14.1. The number of alkyl halides is 4. The van der Waals surface area contributed by atoms with Gasteiger partial charge in [-0.1, -0.05) is 30.3 Å². The molecule has 0 unspecified atom stereocenters. The van der Waals surface area contributed by atoms with E-state index in [0.29, 0.717) is 11.6 Å². The summed E-state index contributed by atoms with van der Waals surface area (Å²) in [6.45, 7) is 0. The molecule has 0 radical (unpaired) electrons. The van der Waals surface area contributed by atoms with Crippen molar-refractivity contribution in [3.63, 3.8) is 0 Å². The standard InChI is InChI=1S/C21H15F4N5/c22-18(23)14-10-15(19(24)25)12-16(11-14)28-21-27-7-6-17(29-21)30-9-8-26-20(30)13-4-2-1-3-5-13/h1-12,18-19H,(H,27,28,29). The van der Waals surface area contributed by atoms with E-state index in [0.717, 1.165) is 23.8 Å². The fraction of sp³-hybridized carbons (Fsp3) is 0.0952. The van der Waals surface area contributed by atoms with Crippen LogP contribution < -0.4 is 5.32 Å². The first-order valence-electron chi connectivity index (χ1n) is 8.91. The van der Waals surface area contributed by atoms with E-state index in [4.69, 9.17) is 0 Å². The summed E-state index contributed by atoms with van der Waals surface area (Å²) in [4.78, 5) is 12.8. The topological polar surface area (TPSA) is 55.6 Å². The molecule has 0 aliphatic rings. The molecule has 152 valence electrons. The van der Waals surface area contributed by atoms with Crippen LogP contribution in [-0.4, -0.2) is 19.5 Å². The number of hydrogen-bond acceptors (Lipinski definition) is 4. The first kappa shape index (κ1) is 19.6. The second-order valence-corrected chi connectivity index (χ2v) is 6.34. The monoisotopic (exact) mass is 413 g/mol. The highest BCUT2D eigenvalue weighted by atomic mass is 19.3. The Morgan fingerprint density at radius 2 is 1.50 bits per heavy atom. The molecule has 30 heavy (non-hydrogen) atoms. The maximum absolute atomic E-state index is 13.1. The van der Waals surface area contributed by atoms with Gasteiger partial charge in [-0.25, -0.2) is 27.5 Å². The summed E-state index contributed by atoms with van der Waals surface area (Å²) in [7, 11) is 0. The van der Waals surface area contributed by atoms with Crippen molar-refractivity contribution in [2.75, 3.05) is 5.32 Å². The lowest BCUT2D eigenvalue weighted by molar-refractivity contribution is 0.144. The second-order valence-electron chi connectivity index (χ2n) is 6.34. The summed E-state index contributed by atoms with van der Waals surface area (Å²) in [6.07, 6.45) is -0.934. The molecule has 9 heteroatoms. The summed E-state index contributed by atoms with van der Waals surface area (Å²) in [5, 5.41) is 2.73. The Morgan fingerprint density at radius 3 is 2.17 bits per heavy atom. The third-order valence-corrected chi connectivity index (χ3v) is 4.30. The van der Waals surface area contributed by atoms with Crippen LogP contribution in [0.5, 0.6) is 0 Å². The highest BCUT2D eigenvalue weighted by Gasteiger charge is 2.16. The van der Waals surface area contributed by atoms with E-state index < -0.39 is 24.0 Å². The van der Waals surface area contributed by atoms with Gasteiger partial charge < -0.3 is 5.32 Å². The molecule has 0 aliphatic carbocycles. The number of benzene rings is 2. The normalized spacial score (nSPS) is 11.3. The van der Waals surface area contributed by atoms with Gasteiger partial charge in [0.25, 0.3) is 12.9 Å². The number of imidazole rings is 1. The van der Waals surface area contributed by atoms with Gasteiger partial charge in [-0.2, -0.15) is 4.98 Å². The van der Waals surface area contributed by atoms with E-state index in [9.17, 15) is 17.6 Å². The minimum absolute atomic E-state index is 0.0502. The Bertz CT molecular complexity index is 1120. The Morgan fingerprint density at radius 1 is 0.800 bits per heavy atom. The quantitative estimate of drug-likeness (QED) is 0.397. The number of rotatable bonds is 6. The van der Waals surface area contributed by atoms with Crippen molar-refractivity contribution in [2.45, 2.75) is 12.9 Å². The predicted molar refractivity (Wildman–Crippen MR) is 104 cm³/mol. The Balaban J connectivity index is 1.67. The van der Waals surface area contributed by atoms with Crippen LogP contribution >= 0.6 is 0 Å². The van der Waals surface area contributed by atoms with Gasteiger partial charge in [0.15, 0.2) is 0 Å².